The summed E-state index contributed by atoms with van der Waals surface area (Å²) in [6.07, 6.45) is 11.1. The van der Waals surface area contributed by atoms with E-state index in [1.165, 1.54) is 58.0 Å². The van der Waals surface area contributed by atoms with Gasteiger partial charge in [0, 0.05) is 38.3 Å². The van der Waals surface area contributed by atoms with Crippen molar-refractivity contribution in [3.05, 3.63) is 18.0 Å². The van der Waals surface area contributed by atoms with E-state index in [-0.39, 0.29) is 0 Å². The minimum Gasteiger partial charge on any atom is -0.364 e. The van der Waals surface area contributed by atoms with Crippen LogP contribution in [0.3, 0.4) is 0 Å². The number of nitrogens with zero attached hydrogens (tertiary/aromatic N) is 3. The summed E-state index contributed by atoms with van der Waals surface area (Å²) in [5, 5.41) is 10.7. The fourth-order valence-corrected chi connectivity index (χ4v) is 3.75. The lowest BCUT2D eigenvalue weighted by Crippen LogP contribution is -2.50. The lowest BCUT2D eigenvalue weighted by molar-refractivity contribution is 0.119. The molecular weight excluding hydrogens is 290 g/mol. The Labute approximate surface area is 138 Å². The largest absolute Gasteiger partial charge is 0.364 e. The van der Waals surface area contributed by atoms with Gasteiger partial charge in [0.05, 0.1) is 6.54 Å². The van der Waals surface area contributed by atoms with Crippen LogP contribution in [0.5, 0.6) is 0 Å². The molecule has 128 valence electrons. The third-order valence-electron chi connectivity index (χ3n) is 5.11. The summed E-state index contributed by atoms with van der Waals surface area (Å²) in [6.45, 7) is 3.06. The maximum Gasteiger partial charge on any atom is 0.191 e. The zero-order chi connectivity index (χ0) is 15.9. The average Bonchev–Trinajstić information content (AvgIpc) is 3.13. The number of rotatable bonds is 4. The number of nitrogens with one attached hydrogen (secondary N) is 2. The van der Waals surface area contributed by atoms with E-state index in [1.807, 2.05) is 13.1 Å². The van der Waals surface area contributed by atoms with Gasteiger partial charge in [0.25, 0.3) is 0 Å². The molecule has 2 fully saturated rings. The smallest absolute Gasteiger partial charge is 0.191 e. The molecular formula is C17H29N5O. The van der Waals surface area contributed by atoms with Gasteiger partial charge in [0.15, 0.2) is 5.96 Å². The summed E-state index contributed by atoms with van der Waals surface area (Å²) in [6, 6.07) is 3.22. The van der Waals surface area contributed by atoms with Crippen molar-refractivity contribution in [2.75, 3.05) is 20.1 Å². The molecule has 0 aromatic carbocycles. The van der Waals surface area contributed by atoms with Gasteiger partial charge in [-0.15, -0.1) is 0 Å². The summed E-state index contributed by atoms with van der Waals surface area (Å²) in [5.74, 6) is 0.851. The van der Waals surface area contributed by atoms with E-state index in [0.29, 0.717) is 12.6 Å². The molecule has 1 saturated heterocycles. The van der Waals surface area contributed by atoms with E-state index < -0.39 is 0 Å². The monoisotopic (exact) mass is 319 g/mol. The Morgan fingerprint density at radius 2 is 2.04 bits per heavy atom. The van der Waals surface area contributed by atoms with Crippen LogP contribution in [0.25, 0.3) is 0 Å². The predicted molar refractivity (Wildman–Crippen MR) is 91.3 cm³/mol. The molecule has 1 aromatic rings. The van der Waals surface area contributed by atoms with Gasteiger partial charge in [-0.2, -0.15) is 0 Å². The van der Waals surface area contributed by atoms with Gasteiger partial charge in [-0.1, -0.05) is 24.4 Å². The Balaban J connectivity index is 1.40. The fraction of sp³-hybridized carbons (Fsp3) is 0.765. The predicted octanol–water partition coefficient (Wildman–Crippen LogP) is 2.14. The second-order valence-electron chi connectivity index (χ2n) is 6.66. The Hall–Kier alpha value is -1.56. The van der Waals surface area contributed by atoms with Gasteiger partial charge in [-0.25, -0.2) is 0 Å². The van der Waals surface area contributed by atoms with Crippen molar-refractivity contribution >= 4 is 5.96 Å². The Bertz CT molecular complexity index is 473. The quantitative estimate of drug-likeness (QED) is 0.657. The lowest BCUT2D eigenvalue weighted by atomic mass is 9.92. The first-order chi connectivity index (χ1) is 11.3. The first-order valence-electron chi connectivity index (χ1n) is 8.95. The highest BCUT2D eigenvalue weighted by Gasteiger charge is 2.26. The van der Waals surface area contributed by atoms with Crippen LogP contribution in [0.4, 0.5) is 0 Å². The molecule has 0 unspecified atom stereocenters. The Morgan fingerprint density at radius 1 is 1.26 bits per heavy atom. The van der Waals surface area contributed by atoms with Crippen LogP contribution in [0.15, 0.2) is 21.8 Å². The highest BCUT2D eigenvalue weighted by Crippen LogP contribution is 2.25. The first kappa shape index (κ1) is 16.3. The van der Waals surface area contributed by atoms with Crippen molar-refractivity contribution in [3.8, 4) is 0 Å². The second-order valence-corrected chi connectivity index (χ2v) is 6.66. The molecule has 0 bridgehead atoms. The molecule has 2 N–H and O–H groups in total. The van der Waals surface area contributed by atoms with E-state index >= 15 is 0 Å². The zero-order valence-corrected chi connectivity index (χ0v) is 14.1. The molecule has 6 heteroatoms. The number of guanidine groups is 1. The van der Waals surface area contributed by atoms with Crippen LogP contribution in [0, 0.1) is 0 Å². The van der Waals surface area contributed by atoms with Crippen molar-refractivity contribution in [3.63, 3.8) is 0 Å². The SMILES string of the molecule is CN=C(NCc1ccon1)NC1CCN(C2CCCCC2)CC1. The van der Waals surface area contributed by atoms with Crippen molar-refractivity contribution in [1.82, 2.24) is 20.7 Å². The molecule has 1 aliphatic heterocycles. The molecule has 0 amide bonds. The summed E-state index contributed by atoms with van der Waals surface area (Å²) in [7, 11) is 1.81. The van der Waals surface area contributed by atoms with E-state index in [2.05, 4.69) is 25.7 Å². The summed E-state index contributed by atoms with van der Waals surface area (Å²) < 4.78 is 4.84. The van der Waals surface area contributed by atoms with Gasteiger partial charge in [0.1, 0.15) is 12.0 Å². The standard InChI is InChI=1S/C17H29N5O/c1-18-17(19-13-15-9-12-23-21-15)20-14-7-10-22(11-8-14)16-5-3-2-4-6-16/h9,12,14,16H,2-8,10-11,13H2,1H3,(H2,18,19,20). The average molecular weight is 319 g/mol. The third kappa shape index (κ3) is 4.70. The maximum absolute atomic E-state index is 4.84. The number of aliphatic imine (C=N–C) groups is 1. The topological polar surface area (TPSA) is 65.7 Å². The third-order valence-corrected chi connectivity index (χ3v) is 5.11. The van der Waals surface area contributed by atoms with Crippen LogP contribution in [0.1, 0.15) is 50.6 Å². The van der Waals surface area contributed by atoms with E-state index in [0.717, 1.165) is 17.7 Å². The van der Waals surface area contributed by atoms with Crippen LogP contribution in [0.2, 0.25) is 0 Å². The van der Waals surface area contributed by atoms with Crippen LogP contribution in [-0.2, 0) is 6.54 Å². The summed E-state index contributed by atoms with van der Waals surface area (Å²) in [4.78, 5) is 7.02. The molecule has 23 heavy (non-hydrogen) atoms. The molecule has 0 atom stereocenters. The number of aromatic nitrogens is 1. The van der Waals surface area contributed by atoms with Gasteiger partial charge in [0.2, 0.25) is 0 Å². The molecule has 6 nitrogen and oxygen atoms in total. The number of piperidine rings is 1. The molecule has 1 aliphatic carbocycles. The normalized spacial score (nSPS) is 22.2. The van der Waals surface area contributed by atoms with Crippen LogP contribution in [-0.4, -0.2) is 48.2 Å². The van der Waals surface area contributed by atoms with Crippen molar-refractivity contribution in [2.24, 2.45) is 4.99 Å². The Kier molecular flexibility index (Phi) is 5.91. The molecule has 1 aromatic heterocycles. The molecule has 1 saturated carbocycles. The molecule has 0 spiro atoms. The zero-order valence-electron chi connectivity index (χ0n) is 14.1. The van der Waals surface area contributed by atoms with Crippen LogP contribution >= 0.6 is 0 Å². The number of likely N-dealkylation sites (tertiary alicyclic amines) is 1. The maximum atomic E-state index is 4.84. The summed E-state index contributed by atoms with van der Waals surface area (Å²) in [5.41, 5.74) is 0.889. The molecule has 2 aliphatic rings. The van der Waals surface area contributed by atoms with E-state index in [1.54, 1.807) is 6.26 Å². The fourth-order valence-electron chi connectivity index (χ4n) is 3.75. The van der Waals surface area contributed by atoms with Crippen LogP contribution < -0.4 is 10.6 Å². The van der Waals surface area contributed by atoms with Gasteiger partial charge >= 0.3 is 0 Å². The minimum atomic E-state index is 0.512. The molecule has 3 rings (SSSR count). The van der Waals surface area contributed by atoms with Crippen molar-refractivity contribution < 1.29 is 4.52 Å². The van der Waals surface area contributed by atoms with E-state index in [4.69, 9.17) is 4.52 Å². The Morgan fingerprint density at radius 3 is 2.70 bits per heavy atom. The van der Waals surface area contributed by atoms with Gasteiger partial charge in [-0.05, 0) is 25.7 Å². The lowest BCUT2D eigenvalue weighted by Gasteiger charge is -2.39. The highest BCUT2D eigenvalue weighted by atomic mass is 16.5. The van der Waals surface area contributed by atoms with Gasteiger partial charge < -0.3 is 20.1 Å². The second kappa shape index (κ2) is 8.34. The first-order valence-corrected chi connectivity index (χ1v) is 8.95. The van der Waals surface area contributed by atoms with Gasteiger partial charge in [-0.3, -0.25) is 4.99 Å². The molecule has 0 radical (unpaired) electrons. The summed E-state index contributed by atoms with van der Waals surface area (Å²) >= 11 is 0. The van der Waals surface area contributed by atoms with E-state index in [9.17, 15) is 0 Å². The van der Waals surface area contributed by atoms with Crippen molar-refractivity contribution in [2.45, 2.75) is 63.6 Å². The molecule has 2 heterocycles. The minimum absolute atomic E-state index is 0.512. The highest BCUT2D eigenvalue weighted by molar-refractivity contribution is 5.79. The van der Waals surface area contributed by atoms with Crippen molar-refractivity contribution in [1.29, 1.82) is 0 Å². The number of hydrogen-bond acceptors (Lipinski definition) is 4. The number of hydrogen-bond donors (Lipinski definition) is 2.